The normalized spacial score (nSPS) is 24.2. The van der Waals surface area contributed by atoms with Crippen molar-refractivity contribution in [1.82, 2.24) is 4.90 Å². The molecule has 1 fully saturated rings. The fraction of sp³-hybridized carbons (Fsp3) is 0.538. The van der Waals surface area contributed by atoms with Crippen LogP contribution in [-0.2, 0) is 4.74 Å². The molecule has 88 valence electrons. The Hall–Kier alpha value is -1.06. The van der Waals surface area contributed by atoms with E-state index < -0.39 is 0 Å². The fourth-order valence-corrected chi connectivity index (χ4v) is 2.18. The van der Waals surface area contributed by atoms with E-state index in [2.05, 4.69) is 30.9 Å². The molecule has 2 unspecified atom stereocenters. The third kappa shape index (κ3) is 2.54. The van der Waals surface area contributed by atoms with Gasteiger partial charge in [-0.1, -0.05) is 12.1 Å². The maximum Gasteiger partial charge on any atom is 0.0674 e. The largest absolute Gasteiger partial charge is 0.399 e. The van der Waals surface area contributed by atoms with E-state index in [0.29, 0.717) is 12.1 Å². The molecule has 0 saturated carbocycles. The number of nitrogens with zero attached hydrogens (tertiary/aromatic N) is 1. The molecule has 2 rings (SSSR count). The van der Waals surface area contributed by atoms with E-state index in [9.17, 15) is 0 Å². The van der Waals surface area contributed by atoms with Crippen molar-refractivity contribution in [2.24, 2.45) is 0 Å². The van der Waals surface area contributed by atoms with Gasteiger partial charge in [-0.15, -0.1) is 0 Å². The van der Waals surface area contributed by atoms with Gasteiger partial charge in [-0.05, 0) is 31.5 Å². The summed E-state index contributed by atoms with van der Waals surface area (Å²) in [6.45, 7) is 7.22. The highest BCUT2D eigenvalue weighted by atomic mass is 16.5. The molecule has 0 radical (unpaired) electrons. The number of rotatable bonds is 2. The Kier molecular flexibility index (Phi) is 3.46. The summed E-state index contributed by atoms with van der Waals surface area (Å²) in [6, 6.07) is 8.60. The van der Waals surface area contributed by atoms with Crippen molar-refractivity contribution >= 4 is 5.69 Å². The monoisotopic (exact) mass is 220 g/mol. The molecule has 0 amide bonds. The number of ether oxygens (including phenoxy) is 1. The zero-order chi connectivity index (χ0) is 11.5. The lowest BCUT2D eigenvalue weighted by atomic mass is 10.1. The van der Waals surface area contributed by atoms with E-state index >= 15 is 0 Å². The summed E-state index contributed by atoms with van der Waals surface area (Å²) in [4.78, 5) is 2.46. The quantitative estimate of drug-likeness (QED) is 0.775. The Morgan fingerprint density at radius 3 is 2.69 bits per heavy atom. The van der Waals surface area contributed by atoms with Crippen LogP contribution in [0.1, 0.15) is 25.5 Å². The Bertz CT molecular complexity index is 336. The van der Waals surface area contributed by atoms with Crippen molar-refractivity contribution in [2.45, 2.75) is 26.0 Å². The van der Waals surface area contributed by atoms with Gasteiger partial charge in [0.15, 0.2) is 0 Å². The van der Waals surface area contributed by atoms with Crippen LogP contribution < -0.4 is 5.73 Å². The third-order valence-corrected chi connectivity index (χ3v) is 3.24. The minimum atomic E-state index is 0.338. The second-order valence-corrected chi connectivity index (χ2v) is 4.52. The van der Waals surface area contributed by atoms with E-state index in [0.717, 1.165) is 25.4 Å². The van der Waals surface area contributed by atoms with E-state index in [-0.39, 0.29) is 0 Å². The van der Waals surface area contributed by atoms with E-state index in [1.54, 1.807) is 0 Å². The van der Waals surface area contributed by atoms with E-state index in [1.165, 1.54) is 5.56 Å². The zero-order valence-electron chi connectivity index (χ0n) is 10.0. The van der Waals surface area contributed by atoms with E-state index in [1.807, 2.05) is 12.1 Å². The number of hydrogen-bond donors (Lipinski definition) is 1. The summed E-state index contributed by atoms with van der Waals surface area (Å²) in [7, 11) is 0. The molecule has 0 aromatic heterocycles. The van der Waals surface area contributed by atoms with Gasteiger partial charge in [0.2, 0.25) is 0 Å². The minimum Gasteiger partial charge on any atom is -0.399 e. The molecule has 0 bridgehead atoms. The molecular formula is C13H20N2O. The number of benzene rings is 1. The van der Waals surface area contributed by atoms with Crippen molar-refractivity contribution in [3.63, 3.8) is 0 Å². The van der Waals surface area contributed by atoms with Crippen LogP contribution in [0.15, 0.2) is 24.3 Å². The van der Waals surface area contributed by atoms with Crippen LogP contribution in [0.4, 0.5) is 5.69 Å². The molecule has 0 aliphatic carbocycles. The number of anilines is 1. The van der Waals surface area contributed by atoms with Gasteiger partial charge < -0.3 is 10.5 Å². The predicted octanol–water partition coefficient (Wildman–Crippen LogP) is 2.05. The Balaban J connectivity index is 2.06. The van der Waals surface area contributed by atoms with Gasteiger partial charge in [0.25, 0.3) is 0 Å². The lowest BCUT2D eigenvalue weighted by Gasteiger charge is -2.35. The molecule has 2 atom stereocenters. The third-order valence-electron chi connectivity index (χ3n) is 3.24. The maximum atomic E-state index is 5.69. The van der Waals surface area contributed by atoms with E-state index in [4.69, 9.17) is 10.5 Å². The first-order valence-corrected chi connectivity index (χ1v) is 5.88. The van der Waals surface area contributed by atoms with Crippen LogP contribution in [0.2, 0.25) is 0 Å². The van der Waals surface area contributed by atoms with Crippen LogP contribution >= 0.6 is 0 Å². The molecule has 0 spiro atoms. The van der Waals surface area contributed by atoms with Gasteiger partial charge in [-0.2, -0.15) is 0 Å². The van der Waals surface area contributed by atoms with Crippen LogP contribution in [0, 0.1) is 0 Å². The molecular weight excluding hydrogens is 200 g/mol. The van der Waals surface area contributed by atoms with Crippen molar-refractivity contribution < 1.29 is 4.74 Å². The first kappa shape index (κ1) is 11.4. The number of morpholine rings is 1. The van der Waals surface area contributed by atoms with Crippen LogP contribution in [0.25, 0.3) is 0 Å². The van der Waals surface area contributed by atoms with Gasteiger partial charge in [0, 0.05) is 24.8 Å². The minimum absolute atomic E-state index is 0.338. The average Bonchev–Trinajstić information content (AvgIpc) is 2.29. The summed E-state index contributed by atoms with van der Waals surface area (Å²) in [5.41, 5.74) is 7.84. The maximum absolute atomic E-state index is 5.69. The van der Waals surface area contributed by atoms with Gasteiger partial charge in [-0.3, -0.25) is 4.90 Å². The molecule has 1 aliphatic rings. The number of hydrogen-bond acceptors (Lipinski definition) is 3. The second kappa shape index (κ2) is 4.85. The summed E-state index contributed by atoms with van der Waals surface area (Å²) in [5.74, 6) is 0. The zero-order valence-corrected chi connectivity index (χ0v) is 10.0. The molecule has 1 saturated heterocycles. The van der Waals surface area contributed by atoms with Crippen molar-refractivity contribution in [3.05, 3.63) is 29.8 Å². The van der Waals surface area contributed by atoms with Gasteiger partial charge in [0.05, 0.1) is 12.7 Å². The van der Waals surface area contributed by atoms with Crippen LogP contribution in [-0.4, -0.2) is 30.7 Å². The molecule has 1 aliphatic heterocycles. The highest BCUT2D eigenvalue weighted by molar-refractivity contribution is 5.40. The van der Waals surface area contributed by atoms with Crippen LogP contribution in [0.3, 0.4) is 0 Å². The SMILES string of the molecule is CC1CN(C(C)c2ccc(N)cc2)CCO1. The highest BCUT2D eigenvalue weighted by Crippen LogP contribution is 2.23. The molecule has 1 heterocycles. The number of nitrogen functional groups attached to an aromatic ring is 1. The lowest BCUT2D eigenvalue weighted by Crippen LogP contribution is -2.42. The molecule has 3 nitrogen and oxygen atoms in total. The second-order valence-electron chi connectivity index (χ2n) is 4.52. The summed E-state index contributed by atoms with van der Waals surface area (Å²) in [5, 5.41) is 0. The molecule has 2 N–H and O–H groups in total. The standard InChI is InChI=1S/C13H20N2O/c1-10-9-15(7-8-16-10)11(2)12-3-5-13(14)6-4-12/h3-6,10-11H,7-9,14H2,1-2H3. The summed E-state index contributed by atoms with van der Waals surface area (Å²) in [6.07, 6.45) is 0.338. The van der Waals surface area contributed by atoms with Gasteiger partial charge in [0.1, 0.15) is 0 Å². The smallest absolute Gasteiger partial charge is 0.0674 e. The highest BCUT2D eigenvalue weighted by Gasteiger charge is 2.22. The summed E-state index contributed by atoms with van der Waals surface area (Å²) < 4.78 is 5.55. The molecule has 1 aromatic carbocycles. The van der Waals surface area contributed by atoms with Gasteiger partial charge in [-0.25, -0.2) is 0 Å². The lowest BCUT2D eigenvalue weighted by molar-refractivity contribution is -0.0319. The topological polar surface area (TPSA) is 38.5 Å². The first-order valence-electron chi connectivity index (χ1n) is 5.88. The Morgan fingerprint density at radius 2 is 2.06 bits per heavy atom. The molecule has 3 heteroatoms. The van der Waals surface area contributed by atoms with Gasteiger partial charge >= 0.3 is 0 Å². The summed E-state index contributed by atoms with van der Waals surface area (Å²) >= 11 is 0. The predicted molar refractivity (Wildman–Crippen MR) is 66.3 cm³/mol. The first-order chi connectivity index (χ1) is 7.66. The number of nitrogens with two attached hydrogens (primary N) is 1. The van der Waals surface area contributed by atoms with Crippen molar-refractivity contribution in [3.8, 4) is 0 Å². The average molecular weight is 220 g/mol. The van der Waals surface area contributed by atoms with Crippen LogP contribution in [0.5, 0.6) is 0 Å². The molecule has 16 heavy (non-hydrogen) atoms. The fourth-order valence-electron chi connectivity index (χ4n) is 2.18. The molecule has 1 aromatic rings. The van der Waals surface area contributed by atoms with Crippen molar-refractivity contribution in [2.75, 3.05) is 25.4 Å². The Morgan fingerprint density at radius 1 is 1.38 bits per heavy atom. The Labute approximate surface area is 97.2 Å². The van der Waals surface area contributed by atoms with Crippen molar-refractivity contribution in [1.29, 1.82) is 0 Å².